The normalized spacial score (nSPS) is 11.9. The molecule has 1 aromatic heterocycles. The van der Waals surface area contributed by atoms with Crippen LogP contribution < -0.4 is 0 Å². The largest absolute Gasteiger partial charge is 0.494 e. The number of nitrogens with zero attached hydrogens (tertiary/aromatic N) is 1. The van der Waals surface area contributed by atoms with Gasteiger partial charge in [0.1, 0.15) is 6.54 Å². The lowest BCUT2D eigenvalue weighted by Gasteiger charge is -2.09. The van der Waals surface area contributed by atoms with Gasteiger partial charge in [0, 0.05) is 12.1 Å². The van der Waals surface area contributed by atoms with Crippen LogP contribution in [-0.4, -0.2) is 21.0 Å². The molecule has 1 heterocycles. The maximum Gasteiger partial charge on any atom is 0.406 e. The molecule has 0 saturated carbocycles. The minimum absolute atomic E-state index is 0.361. The molecule has 1 rings (SSSR count). The van der Waals surface area contributed by atoms with E-state index in [-0.39, 0.29) is 0 Å². The number of rotatable bonds is 1. The summed E-state index contributed by atoms with van der Waals surface area (Å²) in [6, 6.07) is 1.97. The molecule has 0 bridgehead atoms. The smallest absolute Gasteiger partial charge is 0.406 e. The first kappa shape index (κ1) is 8.76. The first-order valence-corrected chi connectivity index (χ1v) is 3.04. The molecule has 6 heteroatoms. The van der Waals surface area contributed by atoms with Crippen molar-refractivity contribution in [2.45, 2.75) is 12.7 Å². The molecule has 0 amide bonds. The molecule has 12 heavy (non-hydrogen) atoms. The summed E-state index contributed by atoms with van der Waals surface area (Å²) in [5.74, 6) is -1.21. The van der Waals surface area contributed by atoms with Crippen molar-refractivity contribution in [3.05, 3.63) is 12.1 Å². The summed E-state index contributed by atoms with van der Waals surface area (Å²) in [6.07, 6.45) is -4.45. The van der Waals surface area contributed by atoms with Gasteiger partial charge in [-0.25, -0.2) is 0 Å². The number of halogens is 3. The van der Waals surface area contributed by atoms with E-state index in [1.54, 1.807) is 0 Å². The van der Waals surface area contributed by atoms with E-state index in [9.17, 15) is 13.2 Å². The highest BCUT2D eigenvalue weighted by Gasteiger charge is 2.29. The highest BCUT2D eigenvalue weighted by Crippen LogP contribution is 2.26. The second-order valence-electron chi connectivity index (χ2n) is 2.25. The van der Waals surface area contributed by atoms with E-state index < -0.39 is 24.5 Å². The Bertz CT molecular complexity index is 259. The molecule has 0 aromatic carbocycles. The molecule has 0 spiro atoms. The highest BCUT2D eigenvalue weighted by atomic mass is 19.4. The Kier molecular flexibility index (Phi) is 1.91. The Morgan fingerprint density at radius 1 is 1.17 bits per heavy atom. The van der Waals surface area contributed by atoms with Crippen LogP contribution in [0.5, 0.6) is 11.8 Å². The summed E-state index contributed by atoms with van der Waals surface area (Å²) >= 11 is 0. The number of aromatic nitrogens is 1. The van der Waals surface area contributed by atoms with Crippen LogP contribution in [0.15, 0.2) is 12.1 Å². The van der Waals surface area contributed by atoms with Crippen molar-refractivity contribution >= 4 is 0 Å². The predicted molar refractivity (Wildman–Crippen MR) is 33.8 cm³/mol. The SMILES string of the molecule is Oc1ccc(O)n1CC(F)(F)F. The van der Waals surface area contributed by atoms with Gasteiger partial charge in [0.25, 0.3) is 0 Å². The summed E-state index contributed by atoms with van der Waals surface area (Å²) < 4.78 is 35.6. The summed E-state index contributed by atoms with van der Waals surface area (Å²) in [4.78, 5) is 0. The van der Waals surface area contributed by atoms with Crippen molar-refractivity contribution in [2.75, 3.05) is 0 Å². The molecular formula is C6H6F3NO2. The van der Waals surface area contributed by atoms with Crippen LogP contribution >= 0.6 is 0 Å². The van der Waals surface area contributed by atoms with Gasteiger partial charge in [-0.15, -0.1) is 0 Å². The summed E-state index contributed by atoms with van der Waals surface area (Å²) in [6.45, 7) is -1.39. The maximum absolute atomic E-state index is 11.7. The maximum atomic E-state index is 11.7. The summed E-state index contributed by atoms with van der Waals surface area (Å²) in [5, 5.41) is 17.6. The zero-order valence-electron chi connectivity index (χ0n) is 5.84. The molecule has 2 N–H and O–H groups in total. The Morgan fingerprint density at radius 3 is 1.92 bits per heavy atom. The standard InChI is InChI=1S/C6H6F3NO2/c7-6(8,9)3-10-4(11)1-2-5(10)12/h1-2,11-12H,3H2. The lowest BCUT2D eigenvalue weighted by atomic mass is 10.6. The molecule has 0 unspecified atom stereocenters. The third kappa shape index (κ3) is 1.84. The molecule has 0 fully saturated rings. The molecule has 0 aliphatic carbocycles. The van der Waals surface area contributed by atoms with Crippen LogP contribution in [0.3, 0.4) is 0 Å². The van der Waals surface area contributed by atoms with E-state index in [0.717, 1.165) is 12.1 Å². The minimum atomic E-state index is -4.45. The summed E-state index contributed by atoms with van der Waals surface area (Å²) in [5.41, 5.74) is 0. The third-order valence-corrected chi connectivity index (χ3v) is 1.27. The van der Waals surface area contributed by atoms with Gasteiger partial charge in [-0.05, 0) is 0 Å². The molecule has 3 nitrogen and oxygen atoms in total. The fourth-order valence-electron chi connectivity index (χ4n) is 0.788. The Morgan fingerprint density at radius 2 is 1.58 bits per heavy atom. The van der Waals surface area contributed by atoms with Crippen molar-refractivity contribution in [1.29, 1.82) is 0 Å². The van der Waals surface area contributed by atoms with Gasteiger partial charge in [0.2, 0.25) is 0 Å². The molecule has 0 aliphatic rings. The Balaban J connectivity index is 2.88. The molecular weight excluding hydrogens is 175 g/mol. The topological polar surface area (TPSA) is 45.4 Å². The molecule has 0 saturated heterocycles. The van der Waals surface area contributed by atoms with E-state index in [1.807, 2.05) is 0 Å². The Hall–Kier alpha value is -1.33. The van der Waals surface area contributed by atoms with Crippen molar-refractivity contribution in [3.63, 3.8) is 0 Å². The van der Waals surface area contributed by atoms with Gasteiger partial charge in [0.05, 0.1) is 0 Å². The monoisotopic (exact) mass is 181 g/mol. The lowest BCUT2D eigenvalue weighted by molar-refractivity contribution is -0.142. The van der Waals surface area contributed by atoms with Gasteiger partial charge in [-0.3, -0.25) is 4.57 Å². The fraction of sp³-hybridized carbons (Fsp3) is 0.333. The molecule has 68 valence electrons. The van der Waals surface area contributed by atoms with Crippen LogP contribution in [0.25, 0.3) is 0 Å². The number of aromatic hydroxyl groups is 2. The first-order valence-electron chi connectivity index (χ1n) is 3.04. The molecule has 0 atom stereocenters. The van der Waals surface area contributed by atoms with E-state index >= 15 is 0 Å². The number of hydrogen-bond donors (Lipinski definition) is 2. The van der Waals surface area contributed by atoms with Gasteiger partial charge < -0.3 is 10.2 Å². The highest BCUT2D eigenvalue weighted by molar-refractivity contribution is 5.23. The molecule has 0 radical (unpaired) electrons. The first-order chi connectivity index (χ1) is 5.40. The summed E-state index contributed by atoms with van der Waals surface area (Å²) in [7, 11) is 0. The predicted octanol–water partition coefficient (Wildman–Crippen LogP) is 1.46. The number of hydrogen-bond acceptors (Lipinski definition) is 2. The minimum Gasteiger partial charge on any atom is -0.494 e. The zero-order chi connectivity index (χ0) is 9.35. The van der Waals surface area contributed by atoms with Gasteiger partial charge in [-0.1, -0.05) is 0 Å². The molecule has 0 aliphatic heterocycles. The van der Waals surface area contributed by atoms with Gasteiger partial charge >= 0.3 is 6.18 Å². The van der Waals surface area contributed by atoms with Crippen molar-refractivity contribution < 1.29 is 23.4 Å². The zero-order valence-corrected chi connectivity index (χ0v) is 5.84. The van der Waals surface area contributed by atoms with Crippen LogP contribution in [0, 0.1) is 0 Å². The third-order valence-electron chi connectivity index (χ3n) is 1.27. The average molecular weight is 181 g/mol. The quantitative estimate of drug-likeness (QED) is 0.688. The van der Waals surface area contributed by atoms with E-state index in [4.69, 9.17) is 10.2 Å². The van der Waals surface area contributed by atoms with Crippen molar-refractivity contribution in [2.24, 2.45) is 0 Å². The van der Waals surface area contributed by atoms with E-state index in [0.29, 0.717) is 4.57 Å². The van der Waals surface area contributed by atoms with Crippen LogP contribution in [0.1, 0.15) is 0 Å². The van der Waals surface area contributed by atoms with Crippen LogP contribution in [-0.2, 0) is 6.54 Å². The van der Waals surface area contributed by atoms with E-state index in [1.165, 1.54) is 0 Å². The number of alkyl halides is 3. The van der Waals surface area contributed by atoms with Gasteiger partial charge in [0.15, 0.2) is 11.8 Å². The van der Waals surface area contributed by atoms with E-state index in [2.05, 4.69) is 0 Å². The fourth-order valence-corrected chi connectivity index (χ4v) is 0.788. The lowest BCUT2D eigenvalue weighted by Crippen LogP contribution is -2.16. The Labute approximate surface area is 65.7 Å². The second kappa shape index (κ2) is 2.62. The van der Waals surface area contributed by atoms with Gasteiger partial charge in [-0.2, -0.15) is 13.2 Å². The van der Waals surface area contributed by atoms with Crippen LogP contribution in [0.4, 0.5) is 13.2 Å². The average Bonchev–Trinajstić information content (AvgIpc) is 2.16. The van der Waals surface area contributed by atoms with Crippen molar-refractivity contribution in [3.8, 4) is 11.8 Å². The molecule has 1 aromatic rings. The van der Waals surface area contributed by atoms with Crippen molar-refractivity contribution in [1.82, 2.24) is 4.57 Å². The van der Waals surface area contributed by atoms with Crippen LogP contribution in [0.2, 0.25) is 0 Å². The second-order valence-corrected chi connectivity index (χ2v) is 2.25.